The zero-order chi connectivity index (χ0) is 12.8. The van der Waals surface area contributed by atoms with Crippen LogP contribution >= 0.6 is 0 Å². The van der Waals surface area contributed by atoms with Crippen LogP contribution in [0.4, 0.5) is 0 Å². The number of benzene rings is 1. The van der Waals surface area contributed by atoms with E-state index in [1.165, 1.54) is 4.90 Å². The molecule has 0 heterocycles. The van der Waals surface area contributed by atoms with Gasteiger partial charge in [0.05, 0.1) is 12.1 Å². The number of hydrogen-bond acceptors (Lipinski definition) is 3. The Morgan fingerprint density at radius 2 is 2.00 bits per heavy atom. The first-order chi connectivity index (χ1) is 8.00. The number of nitrogens with zero attached hydrogens (tertiary/aromatic N) is 1. The first kappa shape index (κ1) is 13.7. The lowest BCUT2D eigenvalue weighted by Crippen LogP contribution is -2.45. The molecule has 0 radical (unpaired) electrons. The highest BCUT2D eigenvalue weighted by Crippen LogP contribution is 2.04. The lowest BCUT2D eigenvalue weighted by Gasteiger charge is -2.22. The van der Waals surface area contributed by atoms with Crippen molar-refractivity contribution < 1.29 is 9.90 Å². The Morgan fingerprint density at radius 1 is 1.41 bits per heavy atom. The van der Waals surface area contributed by atoms with E-state index < -0.39 is 12.1 Å². The third-order valence-corrected chi connectivity index (χ3v) is 2.53. The number of rotatable bonds is 5. The van der Waals surface area contributed by atoms with Gasteiger partial charge in [-0.05, 0) is 18.9 Å². The number of aliphatic hydroxyl groups excluding tert-OH is 1. The molecule has 0 spiro atoms. The second-order valence-corrected chi connectivity index (χ2v) is 4.36. The first-order valence-electron chi connectivity index (χ1n) is 5.73. The minimum atomic E-state index is -0.554. The number of hydrogen-bond donors (Lipinski definition) is 2. The maximum atomic E-state index is 11.9. The van der Waals surface area contributed by atoms with Crippen LogP contribution in [0.25, 0.3) is 0 Å². The van der Waals surface area contributed by atoms with Crippen molar-refractivity contribution in [3.8, 4) is 0 Å². The second-order valence-electron chi connectivity index (χ2n) is 4.36. The molecular formula is C13H20N2O2. The van der Waals surface area contributed by atoms with Crippen LogP contribution in [0.3, 0.4) is 0 Å². The molecule has 0 aliphatic carbocycles. The number of amides is 1. The predicted octanol–water partition coefficient (Wildman–Crippen LogP) is 0.396. The molecule has 1 aromatic carbocycles. The monoisotopic (exact) mass is 236 g/mol. The third kappa shape index (κ3) is 4.54. The molecule has 1 aromatic rings. The minimum Gasteiger partial charge on any atom is -0.392 e. The second kappa shape index (κ2) is 6.37. The molecule has 1 amide bonds. The molecule has 4 nitrogen and oxygen atoms in total. The van der Waals surface area contributed by atoms with Gasteiger partial charge in [0, 0.05) is 13.6 Å². The van der Waals surface area contributed by atoms with E-state index in [9.17, 15) is 9.90 Å². The number of likely N-dealkylation sites (N-methyl/N-ethyl adjacent to an activating group) is 1. The van der Waals surface area contributed by atoms with E-state index in [0.717, 1.165) is 5.56 Å². The Kier molecular flexibility index (Phi) is 5.12. The van der Waals surface area contributed by atoms with Crippen LogP contribution in [-0.2, 0) is 11.2 Å². The average Bonchev–Trinajstić information content (AvgIpc) is 2.28. The van der Waals surface area contributed by atoms with Gasteiger partial charge in [0.1, 0.15) is 0 Å². The summed E-state index contributed by atoms with van der Waals surface area (Å²) in [6, 6.07) is 9.11. The van der Waals surface area contributed by atoms with E-state index in [1.54, 1.807) is 14.0 Å². The van der Waals surface area contributed by atoms with Gasteiger partial charge >= 0.3 is 0 Å². The van der Waals surface area contributed by atoms with Crippen molar-refractivity contribution in [3.05, 3.63) is 35.9 Å². The van der Waals surface area contributed by atoms with Gasteiger partial charge < -0.3 is 15.7 Å². The summed E-state index contributed by atoms with van der Waals surface area (Å²) in [5, 5.41) is 9.21. The lowest BCUT2D eigenvalue weighted by molar-refractivity contribution is -0.132. The molecule has 0 aliphatic rings. The summed E-state index contributed by atoms with van der Waals surface area (Å²) in [5.74, 6) is -0.144. The van der Waals surface area contributed by atoms with Gasteiger partial charge in [-0.3, -0.25) is 4.79 Å². The summed E-state index contributed by atoms with van der Waals surface area (Å²) in [7, 11) is 1.65. The Labute approximate surface area is 102 Å². The fourth-order valence-corrected chi connectivity index (χ4v) is 1.72. The van der Waals surface area contributed by atoms with Crippen LogP contribution < -0.4 is 5.73 Å². The first-order valence-corrected chi connectivity index (χ1v) is 5.73. The number of nitrogens with two attached hydrogens (primary N) is 1. The fraction of sp³-hybridized carbons (Fsp3) is 0.462. The van der Waals surface area contributed by atoms with Crippen LogP contribution in [0.5, 0.6) is 0 Å². The molecule has 17 heavy (non-hydrogen) atoms. The molecule has 94 valence electrons. The van der Waals surface area contributed by atoms with Crippen molar-refractivity contribution in [1.82, 2.24) is 4.90 Å². The summed E-state index contributed by atoms with van der Waals surface area (Å²) in [4.78, 5) is 13.3. The molecule has 3 N–H and O–H groups in total. The topological polar surface area (TPSA) is 66.6 Å². The molecule has 0 bridgehead atoms. The zero-order valence-electron chi connectivity index (χ0n) is 10.3. The van der Waals surface area contributed by atoms with E-state index in [2.05, 4.69) is 0 Å². The third-order valence-electron chi connectivity index (χ3n) is 2.53. The van der Waals surface area contributed by atoms with E-state index in [4.69, 9.17) is 5.73 Å². The van der Waals surface area contributed by atoms with Crippen molar-refractivity contribution in [2.45, 2.75) is 25.5 Å². The summed E-state index contributed by atoms with van der Waals surface area (Å²) < 4.78 is 0. The lowest BCUT2D eigenvalue weighted by atomic mass is 10.1. The smallest absolute Gasteiger partial charge is 0.239 e. The number of aliphatic hydroxyl groups is 1. The summed E-state index contributed by atoms with van der Waals surface area (Å²) in [5.41, 5.74) is 6.89. The molecule has 2 atom stereocenters. The van der Waals surface area contributed by atoms with Crippen LogP contribution in [0.15, 0.2) is 30.3 Å². The van der Waals surface area contributed by atoms with Gasteiger partial charge in [-0.1, -0.05) is 30.3 Å². The number of carbonyl (C=O) groups is 1. The van der Waals surface area contributed by atoms with Crippen LogP contribution in [0.2, 0.25) is 0 Å². The van der Waals surface area contributed by atoms with Gasteiger partial charge in [0.25, 0.3) is 0 Å². The highest BCUT2D eigenvalue weighted by molar-refractivity contribution is 5.81. The molecular weight excluding hydrogens is 216 g/mol. The van der Waals surface area contributed by atoms with Crippen molar-refractivity contribution >= 4 is 5.91 Å². The van der Waals surface area contributed by atoms with E-state index in [1.807, 2.05) is 30.3 Å². The molecule has 0 aromatic heterocycles. The van der Waals surface area contributed by atoms with E-state index >= 15 is 0 Å². The van der Waals surface area contributed by atoms with Crippen molar-refractivity contribution in [2.75, 3.05) is 13.6 Å². The van der Waals surface area contributed by atoms with Crippen LogP contribution in [0.1, 0.15) is 12.5 Å². The van der Waals surface area contributed by atoms with Gasteiger partial charge in [0.15, 0.2) is 0 Å². The molecule has 0 fully saturated rings. The maximum absolute atomic E-state index is 11.9. The van der Waals surface area contributed by atoms with Crippen LogP contribution in [-0.4, -0.2) is 41.7 Å². The van der Waals surface area contributed by atoms with E-state index in [0.29, 0.717) is 13.0 Å². The molecule has 1 unspecified atom stereocenters. The van der Waals surface area contributed by atoms with Crippen molar-refractivity contribution in [3.63, 3.8) is 0 Å². The van der Waals surface area contributed by atoms with E-state index in [-0.39, 0.29) is 5.91 Å². The summed E-state index contributed by atoms with van der Waals surface area (Å²) >= 11 is 0. The van der Waals surface area contributed by atoms with Gasteiger partial charge in [-0.2, -0.15) is 0 Å². The highest BCUT2D eigenvalue weighted by Gasteiger charge is 2.19. The van der Waals surface area contributed by atoms with Gasteiger partial charge in [-0.15, -0.1) is 0 Å². The Balaban J connectivity index is 2.52. The normalized spacial score (nSPS) is 14.1. The quantitative estimate of drug-likeness (QED) is 0.777. The maximum Gasteiger partial charge on any atom is 0.239 e. The molecule has 0 aliphatic heterocycles. The molecule has 0 saturated heterocycles. The predicted molar refractivity (Wildman–Crippen MR) is 67.4 cm³/mol. The fourth-order valence-electron chi connectivity index (χ4n) is 1.72. The zero-order valence-corrected chi connectivity index (χ0v) is 10.3. The highest BCUT2D eigenvalue weighted by atomic mass is 16.3. The average molecular weight is 236 g/mol. The Morgan fingerprint density at radius 3 is 2.53 bits per heavy atom. The standard InChI is InChI=1S/C13H20N2O2/c1-10(16)9-15(2)13(17)12(14)8-11-6-4-3-5-7-11/h3-7,10,12,16H,8-9,14H2,1-2H3/t10?,12-/m0/s1. The summed E-state index contributed by atoms with van der Waals surface area (Å²) in [6.45, 7) is 1.95. The number of carbonyl (C=O) groups excluding carboxylic acids is 1. The summed E-state index contributed by atoms with van der Waals surface area (Å²) in [6.07, 6.45) is -0.0167. The van der Waals surface area contributed by atoms with Crippen LogP contribution in [0, 0.1) is 0 Å². The van der Waals surface area contributed by atoms with Gasteiger partial charge in [-0.25, -0.2) is 0 Å². The van der Waals surface area contributed by atoms with Crippen molar-refractivity contribution in [2.24, 2.45) is 5.73 Å². The molecule has 1 rings (SSSR count). The largest absolute Gasteiger partial charge is 0.392 e. The Bertz CT molecular complexity index is 352. The van der Waals surface area contributed by atoms with Crippen molar-refractivity contribution in [1.29, 1.82) is 0 Å². The molecule has 4 heteroatoms. The van der Waals surface area contributed by atoms with Gasteiger partial charge in [0.2, 0.25) is 5.91 Å². The minimum absolute atomic E-state index is 0.144. The molecule has 0 saturated carbocycles. The Hall–Kier alpha value is -1.39. The SMILES string of the molecule is CC(O)CN(C)C(=O)[C@@H](N)Cc1ccccc1.